The number of nitrogens with zero attached hydrogens (tertiary/aromatic N) is 1. The first-order valence-electron chi connectivity index (χ1n) is 7.25. The average Bonchev–Trinajstić information content (AvgIpc) is 2.53. The van der Waals surface area contributed by atoms with Crippen LogP contribution in [0, 0.1) is 23.2 Å². The van der Waals surface area contributed by atoms with Crippen molar-refractivity contribution in [1.82, 2.24) is 0 Å². The minimum absolute atomic E-state index is 0.0613. The highest BCUT2D eigenvalue weighted by molar-refractivity contribution is 5.72. The van der Waals surface area contributed by atoms with Crippen molar-refractivity contribution in [1.29, 1.82) is 5.26 Å². The summed E-state index contributed by atoms with van der Waals surface area (Å²) in [6.45, 7) is 0.837. The third kappa shape index (κ3) is 3.88. The maximum Gasteiger partial charge on any atom is 0.308 e. The molecule has 3 N–H and O–H groups in total. The molecule has 5 heteroatoms. The van der Waals surface area contributed by atoms with Gasteiger partial charge in [-0.3, -0.25) is 4.79 Å². The van der Waals surface area contributed by atoms with Gasteiger partial charge in [-0.25, -0.2) is 0 Å². The molecule has 0 heterocycles. The van der Waals surface area contributed by atoms with Crippen molar-refractivity contribution >= 4 is 17.3 Å². The molecular formula is C16H21N3O2. The number of hydrogen-bond donors (Lipinski definition) is 2. The van der Waals surface area contributed by atoms with E-state index in [1.807, 2.05) is 6.07 Å². The van der Waals surface area contributed by atoms with Gasteiger partial charge in [0.25, 0.3) is 0 Å². The fraction of sp³-hybridized carbons (Fsp3) is 0.500. The molecule has 0 saturated heterocycles. The molecule has 1 fully saturated rings. The lowest BCUT2D eigenvalue weighted by molar-refractivity contribution is -0.146. The molecule has 1 aliphatic carbocycles. The molecule has 5 nitrogen and oxygen atoms in total. The zero-order valence-corrected chi connectivity index (χ0v) is 12.3. The number of rotatable bonds is 4. The Labute approximate surface area is 125 Å². The van der Waals surface area contributed by atoms with Crippen molar-refractivity contribution in [3.63, 3.8) is 0 Å². The van der Waals surface area contributed by atoms with Gasteiger partial charge in [0, 0.05) is 6.54 Å². The Morgan fingerprint density at radius 1 is 1.43 bits per heavy atom. The highest BCUT2D eigenvalue weighted by atomic mass is 16.5. The minimum Gasteiger partial charge on any atom is -0.469 e. The van der Waals surface area contributed by atoms with Crippen molar-refractivity contribution in [3.8, 4) is 6.07 Å². The first-order chi connectivity index (χ1) is 10.1. The van der Waals surface area contributed by atoms with Crippen LogP contribution in [0.5, 0.6) is 0 Å². The van der Waals surface area contributed by atoms with Gasteiger partial charge in [-0.15, -0.1) is 0 Å². The predicted molar refractivity (Wildman–Crippen MR) is 81.5 cm³/mol. The summed E-state index contributed by atoms with van der Waals surface area (Å²) >= 11 is 0. The molecular weight excluding hydrogens is 266 g/mol. The Morgan fingerprint density at radius 2 is 2.14 bits per heavy atom. The molecule has 112 valence electrons. The van der Waals surface area contributed by atoms with Crippen LogP contribution in [0.3, 0.4) is 0 Å². The second-order valence-electron chi connectivity index (χ2n) is 5.54. The summed E-state index contributed by atoms with van der Waals surface area (Å²) in [5, 5.41) is 12.2. The van der Waals surface area contributed by atoms with Gasteiger partial charge in [0.2, 0.25) is 0 Å². The van der Waals surface area contributed by atoms with Gasteiger partial charge in [0.15, 0.2) is 0 Å². The number of nitriles is 1. The van der Waals surface area contributed by atoms with Crippen molar-refractivity contribution in [3.05, 3.63) is 23.8 Å². The number of ether oxygens (including phenoxy) is 1. The number of nitrogens with two attached hydrogens (primary N) is 1. The first kappa shape index (κ1) is 15.2. The molecule has 0 spiro atoms. The Kier molecular flexibility index (Phi) is 5.04. The Morgan fingerprint density at radius 3 is 2.71 bits per heavy atom. The molecule has 0 aromatic heterocycles. The van der Waals surface area contributed by atoms with Crippen LogP contribution in [0.25, 0.3) is 0 Å². The third-order valence-electron chi connectivity index (χ3n) is 4.14. The van der Waals surface area contributed by atoms with E-state index in [0.29, 0.717) is 17.2 Å². The van der Waals surface area contributed by atoms with Crippen LogP contribution < -0.4 is 11.1 Å². The van der Waals surface area contributed by atoms with Crippen LogP contribution in [0.15, 0.2) is 18.2 Å². The second-order valence-corrected chi connectivity index (χ2v) is 5.54. The summed E-state index contributed by atoms with van der Waals surface area (Å²) in [5.74, 6) is 0.518. The van der Waals surface area contributed by atoms with E-state index >= 15 is 0 Å². The van der Waals surface area contributed by atoms with Crippen LogP contribution in [0.2, 0.25) is 0 Å². The summed E-state index contributed by atoms with van der Waals surface area (Å²) in [6.07, 6.45) is 3.82. The fourth-order valence-corrected chi connectivity index (χ4v) is 2.82. The standard InChI is InChI=1S/C16H21N3O2/c1-21-16(20)13-5-2-11(3-6-13)10-19-15-7-4-12(9-17)8-14(15)18/h4,7-8,11,13,19H,2-3,5-6,10,18H2,1H3. The van der Waals surface area contributed by atoms with E-state index in [1.54, 1.807) is 12.1 Å². The highest BCUT2D eigenvalue weighted by Crippen LogP contribution is 2.30. The number of nitrogens with one attached hydrogen (secondary N) is 1. The minimum atomic E-state index is -0.0854. The number of benzene rings is 1. The molecule has 0 unspecified atom stereocenters. The van der Waals surface area contributed by atoms with E-state index in [0.717, 1.165) is 37.9 Å². The molecule has 0 atom stereocenters. The van der Waals surface area contributed by atoms with Crippen LogP contribution in [0.4, 0.5) is 11.4 Å². The summed E-state index contributed by atoms with van der Waals surface area (Å²) in [4.78, 5) is 11.5. The molecule has 0 amide bonds. The summed E-state index contributed by atoms with van der Waals surface area (Å²) in [5.41, 5.74) is 7.94. The fourth-order valence-electron chi connectivity index (χ4n) is 2.82. The molecule has 0 radical (unpaired) electrons. The Balaban J connectivity index is 1.82. The molecule has 0 bridgehead atoms. The van der Waals surface area contributed by atoms with E-state index in [-0.39, 0.29) is 11.9 Å². The van der Waals surface area contributed by atoms with E-state index in [1.165, 1.54) is 7.11 Å². The van der Waals surface area contributed by atoms with Crippen molar-refractivity contribution in [2.45, 2.75) is 25.7 Å². The first-order valence-corrected chi connectivity index (χ1v) is 7.25. The van der Waals surface area contributed by atoms with Gasteiger partial charge in [-0.2, -0.15) is 5.26 Å². The molecule has 1 aromatic carbocycles. The third-order valence-corrected chi connectivity index (χ3v) is 4.14. The SMILES string of the molecule is COC(=O)C1CCC(CNc2ccc(C#N)cc2N)CC1. The predicted octanol–water partition coefficient (Wildman–Crippen LogP) is 2.53. The van der Waals surface area contributed by atoms with E-state index in [4.69, 9.17) is 15.7 Å². The summed E-state index contributed by atoms with van der Waals surface area (Å²) in [7, 11) is 1.45. The Hall–Kier alpha value is -2.22. The number of methoxy groups -OCH3 is 1. The van der Waals surface area contributed by atoms with Crippen molar-refractivity contribution < 1.29 is 9.53 Å². The number of esters is 1. The maximum absolute atomic E-state index is 11.5. The van der Waals surface area contributed by atoms with E-state index in [2.05, 4.69) is 11.4 Å². The van der Waals surface area contributed by atoms with Gasteiger partial charge in [-0.1, -0.05) is 0 Å². The largest absolute Gasteiger partial charge is 0.469 e. The molecule has 1 aromatic rings. The molecule has 2 rings (SSSR count). The van der Waals surface area contributed by atoms with Crippen LogP contribution in [0.1, 0.15) is 31.2 Å². The average molecular weight is 287 g/mol. The van der Waals surface area contributed by atoms with Gasteiger partial charge in [-0.05, 0) is 49.8 Å². The molecule has 0 aliphatic heterocycles. The lowest BCUT2D eigenvalue weighted by Gasteiger charge is -2.27. The monoisotopic (exact) mass is 287 g/mol. The smallest absolute Gasteiger partial charge is 0.308 e. The van der Waals surface area contributed by atoms with Crippen LogP contribution in [-0.4, -0.2) is 19.6 Å². The van der Waals surface area contributed by atoms with Crippen molar-refractivity contribution in [2.24, 2.45) is 11.8 Å². The molecule has 1 aliphatic rings. The lowest BCUT2D eigenvalue weighted by atomic mass is 9.82. The van der Waals surface area contributed by atoms with Crippen LogP contribution >= 0.6 is 0 Å². The van der Waals surface area contributed by atoms with Crippen LogP contribution in [-0.2, 0) is 9.53 Å². The number of carbonyl (C=O) groups excluding carboxylic acids is 1. The Bertz CT molecular complexity index is 543. The van der Waals surface area contributed by atoms with Crippen molar-refractivity contribution in [2.75, 3.05) is 24.7 Å². The quantitative estimate of drug-likeness (QED) is 0.656. The number of carbonyl (C=O) groups is 1. The zero-order chi connectivity index (χ0) is 15.2. The maximum atomic E-state index is 11.5. The summed E-state index contributed by atoms with van der Waals surface area (Å²) in [6, 6.07) is 7.34. The van der Waals surface area contributed by atoms with E-state index in [9.17, 15) is 4.79 Å². The highest BCUT2D eigenvalue weighted by Gasteiger charge is 2.26. The number of hydrogen-bond acceptors (Lipinski definition) is 5. The normalized spacial score (nSPS) is 21.3. The lowest BCUT2D eigenvalue weighted by Crippen LogP contribution is -2.26. The zero-order valence-electron chi connectivity index (χ0n) is 12.3. The van der Waals surface area contributed by atoms with Gasteiger partial charge in [0.05, 0.1) is 36.0 Å². The number of nitrogen functional groups attached to an aromatic ring is 1. The molecule has 1 saturated carbocycles. The summed E-state index contributed by atoms with van der Waals surface area (Å²) < 4.78 is 4.79. The molecule has 21 heavy (non-hydrogen) atoms. The second kappa shape index (κ2) is 6.98. The van der Waals surface area contributed by atoms with Gasteiger partial charge >= 0.3 is 5.97 Å². The topological polar surface area (TPSA) is 88.1 Å². The van der Waals surface area contributed by atoms with Gasteiger partial charge in [0.1, 0.15) is 0 Å². The van der Waals surface area contributed by atoms with E-state index < -0.39 is 0 Å². The van der Waals surface area contributed by atoms with Gasteiger partial charge < -0.3 is 15.8 Å². The number of anilines is 2.